The fourth-order valence-corrected chi connectivity index (χ4v) is 2.30. The van der Waals surface area contributed by atoms with Gasteiger partial charge in [-0.05, 0) is 50.2 Å². The third kappa shape index (κ3) is 2.50. The van der Waals surface area contributed by atoms with Crippen molar-refractivity contribution in [2.45, 2.75) is 19.8 Å². The van der Waals surface area contributed by atoms with Gasteiger partial charge in [0.2, 0.25) is 0 Å². The zero-order valence-corrected chi connectivity index (χ0v) is 10.5. The molecule has 1 aromatic carbocycles. The third-order valence-corrected chi connectivity index (χ3v) is 3.61. The standard InChI is InChI=1S/C14H19NO2/c1-14(7-9-15-10-8-14)13(16)11-3-5-12(17-2)6-4-11/h3-6,15H,7-10H2,1-2H3. The number of Topliss-reactive ketones (excluding diaryl/α,β-unsaturated/α-hetero) is 1. The fourth-order valence-electron chi connectivity index (χ4n) is 2.30. The van der Waals surface area contributed by atoms with Gasteiger partial charge in [0, 0.05) is 11.0 Å². The maximum atomic E-state index is 12.5. The van der Waals surface area contributed by atoms with Crippen molar-refractivity contribution in [2.24, 2.45) is 5.41 Å². The highest BCUT2D eigenvalue weighted by molar-refractivity contribution is 6.00. The number of hydrogen-bond acceptors (Lipinski definition) is 3. The molecule has 0 spiro atoms. The number of carbonyl (C=O) groups excluding carboxylic acids is 1. The molecule has 0 unspecified atom stereocenters. The Kier molecular flexibility index (Phi) is 3.48. The van der Waals surface area contributed by atoms with Crippen LogP contribution in [0.3, 0.4) is 0 Å². The number of piperidine rings is 1. The van der Waals surface area contributed by atoms with Crippen LogP contribution < -0.4 is 10.1 Å². The van der Waals surface area contributed by atoms with Gasteiger partial charge in [0.25, 0.3) is 0 Å². The summed E-state index contributed by atoms with van der Waals surface area (Å²) in [4.78, 5) is 12.5. The summed E-state index contributed by atoms with van der Waals surface area (Å²) >= 11 is 0. The average Bonchev–Trinajstić information content (AvgIpc) is 2.39. The lowest BCUT2D eigenvalue weighted by atomic mass is 9.75. The lowest BCUT2D eigenvalue weighted by molar-refractivity contribution is 0.0762. The highest BCUT2D eigenvalue weighted by Crippen LogP contribution is 2.32. The number of rotatable bonds is 3. The van der Waals surface area contributed by atoms with Crippen molar-refractivity contribution < 1.29 is 9.53 Å². The number of ketones is 1. The van der Waals surface area contributed by atoms with Crippen LogP contribution >= 0.6 is 0 Å². The molecule has 0 amide bonds. The topological polar surface area (TPSA) is 38.3 Å². The van der Waals surface area contributed by atoms with Crippen LogP contribution in [0, 0.1) is 5.41 Å². The maximum absolute atomic E-state index is 12.5. The van der Waals surface area contributed by atoms with E-state index >= 15 is 0 Å². The van der Waals surface area contributed by atoms with Gasteiger partial charge in [0.1, 0.15) is 5.75 Å². The van der Waals surface area contributed by atoms with Gasteiger partial charge in [-0.2, -0.15) is 0 Å². The molecule has 2 rings (SSSR count). The highest BCUT2D eigenvalue weighted by Gasteiger charge is 2.34. The van der Waals surface area contributed by atoms with Crippen LogP contribution in [0.2, 0.25) is 0 Å². The van der Waals surface area contributed by atoms with Gasteiger partial charge in [-0.3, -0.25) is 4.79 Å². The van der Waals surface area contributed by atoms with Gasteiger partial charge in [-0.1, -0.05) is 6.92 Å². The quantitative estimate of drug-likeness (QED) is 0.814. The Balaban J connectivity index is 2.17. The van der Waals surface area contributed by atoms with Crippen molar-refractivity contribution in [3.63, 3.8) is 0 Å². The predicted molar refractivity (Wildman–Crippen MR) is 67.5 cm³/mol. The molecule has 92 valence electrons. The van der Waals surface area contributed by atoms with E-state index < -0.39 is 0 Å². The summed E-state index contributed by atoms with van der Waals surface area (Å²) in [6.45, 7) is 3.93. The van der Waals surface area contributed by atoms with Crippen molar-refractivity contribution in [2.75, 3.05) is 20.2 Å². The van der Waals surface area contributed by atoms with Crippen LogP contribution in [0.4, 0.5) is 0 Å². The molecule has 3 nitrogen and oxygen atoms in total. The van der Waals surface area contributed by atoms with Gasteiger partial charge >= 0.3 is 0 Å². The number of hydrogen-bond donors (Lipinski definition) is 1. The number of benzene rings is 1. The molecule has 0 bridgehead atoms. The van der Waals surface area contributed by atoms with Crippen LogP contribution in [0.5, 0.6) is 5.75 Å². The zero-order valence-electron chi connectivity index (χ0n) is 10.5. The van der Waals surface area contributed by atoms with Crippen LogP contribution in [0.1, 0.15) is 30.1 Å². The molecule has 0 aromatic heterocycles. The van der Waals surface area contributed by atoms with Crippen molar-refractivity contribution in [1.82, 2.24) is 5.32 Å². The van der Waals surface area contributed by atoms with Gasteiger partial charge in [-0.15, -0.1) is 0 Å². The second-order valence-corrected chi connectivity index (χ2v) is 4.87. The maximum Gasteiger partial charge on any atom is 0.168 e. The number of methoxy groups -OCH3 is 1. The number of nitrogens with one attached hydrogen (secondary N) is 1. The number of carbonyl (C=O) groups is 1. The third-order valence-electron chi connectivity index (χ3n) is 3.61. The van der Waals surface area contributed by atoms with E-state index in [0.29, 0.717) is 0 Å². The molecular formula is C14H19NO2. The Morgan fingerprint density at radius 2 is 1.82 bits per heavy atom. The van der Waals surface area contributed by atoms with Crippen molar-refractivity contribution in [1.29, 1.82) is 0 Å². The van der Waals surface area contributed by atoms with E-state index in [4.69, 9.17) is 4.74 Å². The molecule has 0 atom stereocenters. The Hall–Kier alpha value is -1.35. The van der Waals surface area contributed by atoms with Crippen molar-refractivity contribution in [3.8, 4) is 5.75 Å². The van der Waals surface area contributed by atoms with Gasteiger partial charge in [0.15, 0.2) is 5.78 Å². The lowest BCUT2D eigenvalue weighted by Crippen LogP contribution is -2.40. The van der Waals surface area contributed by atoms with E-state index in [0.717, 1.165) is 37.2 Å². The molecule has 0 radical (unpaired) electrons. The number of ether oxygens (including phenoxy) is 1. The fraction of sp³-hybridized carbons (Fsp3) is 0.500. The Morgan fingerprint density at radius 1 is 1.24 bits per heavy atom. The summed E-state index contributed by atoms with van der Waals surface area (Å²) in [7, 11) is 1.63. The monoisotopic (exact) mass is 233 g/mol. The normalized spacial score (nSPS) is 18.7. The summed E-state index contributed by atoms with van der Waals surface area (Å²) in [5.74, 6) is 1.04. The van der Waals surface area contributed by atoms with Gasteiger partial charge < -0.3 is 10.1 Å². The molecule has 1 aromatic rings. The molecule has 1 saturated heterocycles. The smallest absolute Gasteiger partial charge is 0.168 e. The van der Waals surface area contributed by atoms with Crippen LogP contribution in [0.25, 0.3) is 0 Å². The first-order chi connectivity index (χ1) is 8.15. The Bertz CT molecular complexity index is 391. The summed E-state index contributed by atoms with van der Waals surface area (Å²) < 4.78 is 5.10. The molecule has 1 aliphatic heterocycles. The summed E-state index contributed by atoms with van der Waals surface area (Å²) in [6.07, 6.45) is 1.83. The summed E-state index contributed by atoms with van der Waals surface area (Å²) in [6, 6.07) is 7.40. The lowest BCUT2D eigenvalue weighted by Gasteiger charge is -2.32. The average molecular weight is 233 g/mol. The van der Waals surface area contributed by atoms with E-state index in [-0.39, 0.29) is 11.2 Å². The highest BCUT2D eigenvalue weighted by atomic mass is 16.5. The summed E-state index contributed by atoms with van der Waals surface area (Å²) in [5.41, 5.74) is 0.579. The predicted octanol–water partition coefficient (Wildman–Crippen LogP) is 2.27. The first kappa shape index (κ1) is 12.1. The zero-order chi connectivity index (χ0) is 12.3. The SMILES string of the molecule is COc1ccc(C(=O)C2(C)CCNCC2)cc1. The van der Waals surface area contributed by atoms with Gasteiger partial charge in [-0.25, -0.2) is 0 Å². The van der Waals surface area contributed by atoms with E-state index in [1.807, 2.05) is 24.3 Å². The molecule has 3 heteroatoms. The van der Waals surface area contributed by atoms with Crippen LogP contribution in [-0.2, 0) is 0 Å². The minimum atomic E-state index is -0.208. The van der Waals surface area contributed by atoms with Crippen LogP contribution in [0.15, 0.2) is 24.3 Å². The molecule has 1 N–H and O–H groups in total. The first-order valence-electron chi connectivity index (χ1n) is 6.05. The molecular weight excluding hydrogens is 214 g/mol. The Morgan fingerprint density at radius 3 is 2.35 bits per heavy atom. The largest absolute Gasteiger partial charge is 0.497 e. The molecule has 1 aliphatic rings. The van der Waals surface area contributed by atoms with Gasteiger partial charge in [0.05, 0.1) is 7.11 Å². The van der Waals surface area contributed by atoms with E-state index in [1.165, 1.54) is 0 Å². The second-order valence-electron chi connectivity index (χ2n) is 4.87. The van der Waals surface area contributed by atoms with Crippen LogP contribution in [-0.4, -0.2) is 26.0 Å². The molecule has 1 fully saturated rings. The minimum Gasteiger partial charge on any atom is -0.497 e. The summed E-state index contributed by atoms with van der Waals surface area (Å²) in [5, 5.41) is 3.29. The molecule has 0 aliphatic carbocycles. The van der Waals surface area contributed by atoms with Crippen molar-refractivity contribution >= 4 is 5.78 Å². The van der Waals surface area contributed by atoms with E-state index in [2.05, 4.69) is 12.2 Å². The molecule has 1 heterocycles. The van der Waals surface area contributed by atoms with E-state index in [9.17, 15) is 4.79 Å². The second kappa shape index (κ2) is 4.88. The van der Waals surface area contributed by atoms with Crippen molar-refractivity contribution in [3.05, 3.63) is 29.8 Å². The molecule has 17 heavy (non-hydrogen) atoms. The minimum absolute atomic E-state index is 0.208. The Labute approximate surface area is 102 Å². The molecule has 0 saturated carbocycles. The van der Waals surface area contributed by atoms with E-state index in [1.54, 1.807) is 7.11 Å². The first-order valence-corrected chi connectivity index (χ1v) is 6.05.